The number of halogens is 3. The van der Waals surface area contributed by atoms with Gasteiger partial charge in [0.15, 0.2) is 0 Å². The number of alkyl halides is 3. The molecule has 1 aliphatic heterocycles. The summed E-state index contributed by atoms with van der Waals surface area (Å²) in [5.41, 5.74) is 1.12. The van der Waals surface area contributed by atoms with Crippen molar-refractivity contribution in [1.29, 1.82) is 0 Å². The lowest BCUT2D eigenvalue weighted by Crippen LogP contribution is -2.44. The molecule has 0 amide bonds. The van der Waals surface area contributed by atoms with Gasteiger partial charge in [-0.1, -0.05) is 6.07 Å². The Labute approximate surface area is 103 Å². The van der Waals surface area contributed by atoms with Crippen molar-refractivity contribution in [1.82, 2.24) is 5.32 Å². The minimum absolute atomic E-state index is 0.0350. The summed E-state index contributed by atoms with van der Waals surface area (Å²) in [4.78, 5) is 0. The molecule has 1 unspecified atom stereocenters. The lowest BCUT2D eigenvalue weighted by molar-refractivity contribution is -0.137. The van der Waals surface area contributed by atoms with Gasteiger partial charge in [-0.15, -0.1) is 0 Å². The van der Waals surface area contributed by atoms with Crippen molar-refractivity contribution in [2.24, 2.45) is 0 Å². The third-order valence-electron chi connectivity index (χ3n) is 3.63. The fraction of sp³-hybridized carbons (Fsp3) is 0.538. The van der Waals surface area contributed by atoms with Crippen molar-refractivity contribution in [3.8, 4) is 0 Å². The molecule has 1 aromatic rings. The van der Waals surface area contributed by atoms with Crippen LogP contribution in [0.5, 0.6) is 0 Å². The van der Waals surface area contributed by atoms with E-state index in [1.54, 1.807) is 6.07 Å². The molecule has 3 atom stereocenters. The second kappa shape index (κ2) is 3.96. The van der Waals surface area contributed by atoms with Gasteiger partial charge in [-0.3, -0.25) is 0 Å². The minimum Gasteiger partial charge on any atom is -0.372 e. The monoisotopic (exact) mass is 257 g/mol. The Bertz CT molecular complexity index is 472. The quantitative estimate of drug-likeness (QED) is 0.771. The number of hydrogen-bond acceptors (Lipinski definition) is 2. The van der Waals surface area contributed by atoms with E-state index in [1.165, 1.54) is 6.07 Å². The first-order chi connectivity index (χ1) is 8.45. The Kier molecular flexibility index (Phi) is 2.64. The number of benzene rings is 1. The second-order valence-electron chi connectivity index (χ2n) is 4.99. The number of rotatable bonds is 0. The van der Waals surface area contributed by atoms with Crippen molar-refractivity contribution in [2.45, 2.75) is 37.8 Å². The zero-order valence-electron chi connectivity index (χ0n) is 9.92. The van der Waals surface area contributed by atoms with Crippen LogP contribution in [0.25, 0.3) is 0 Å². The van der Waals surface area contributed by atoms with Gasteiger partial charge in [0.05, 0.1) is 23.8 Å². The smallest absolute Gasteiger partial charge is 0.372 e. The van der Waals surface area contributed by atoms with Crippen molar-refractivity contribution in [3.05, 3.63) is 34.9 Å². The highest BCUT2D eigenvalue weighted by molar-refractivity contribution is 5.41. The van der Waals surface area contributed by atoms with Gasteiger partial charge in [0.1, 0.15) is 0 Å². The topological polar surface area (TPSA) is 21.3 Å². The largest absolute Gasteiger partial charge is 0.416 e. The summed E-state index contributed by atoms with van der Waals surface area (Å²) in [6, 6.07) is 4.03. The van der Waals surface area contributed by atoms with Crippen LogP contribution < -0.4 is 5.32 Å². The summed E-state index contributed by atoms with van der Waals surface area (Å²) in [6.45, 7) is 2.70. The van der Waals surface area contributed by atoms with E-state index in [2.05, 4.69) is 5.32 Å². The van der Waals surface area contributed by atoms with Crippen LogP contribution in [-0.2, 0) is 17.3 Å². The number of nitrogens with one attached hydrogen (secondary N) is 1. The Morgan fingerprint density at radius 3 is 2.83 bits per heavy atom. The average Bonchev–Trinajstić information content (AvgIpc) is 2.63. The molecule has 2 aliphatic rings. The molecule has 98 valence electrons. The van der Waals surface area contributed by atoms with Crippen LogP contribution in [0.1, 0.15) is 29.7 Å². The first-order valence-corrected chi connectivity index (χ1v) is 6.04. The van der Waals surface area contributed by atoms with Crippen LogP contribution in [0, 0.1) is 0 Å². The van der Waals surface area contributed by atoms with Crippen molar-refractivity contribution >= 4 is 0 Å². The number of morpholine rings is 1. The first kappa shape index (κ1) is 12.0. The molecule has 0 spiro atoms. The molecule has 1 heterocycles. The van der Waals surface area contributed by atoms with Crippen LogP contribution in [-0.4, -0.2) is 18.8 Å². The van der Waals surface area contributed by atoms with E-state index in [4.69, 9.17) is 4.74 Å². The molecule has 0 radical (unpaired) electrons. The molecule has 2 nitrogen and oxygen atoms in total. The second-order valence-corrected chi connectivity index (χ2v) is 4.99. The van der Waals surface area contributed by atoms with Crippen molar-refractivity contribution in [2.75, 3.05) is 6.54 Å². The SMILES string of the molecule is C[C@@H]1CN[C@H]2c3ccc(C(F)(F)F)cc3CC2O1. The normalized spacial score (nSPS) is 31.0. The summed E-state index contributed by atoms with van der Waals surface area (Å²) >= 11 is 0. The lowest BCUT2D eigenvalue weighted by atomic mass is 10.0. The molecule has 3 rings (SSSR count). The Morgan fingerprint density at radius 1 is 1.33 bits per heavy atom. The molecule has 0 saturated carbocycles. The van der Waals surface area contributed by atoms with Gasteiger partial charge in [0.2, 0.25) is 0 Å². The molecule has 1 saturated heterocycles. The maximum Gasteiger partial charge on any atom is 0.416 e. The van der Waals surface area contributed by atoms with E-state index in [0.29, 0.717) is 6.42 Å². The average molecular weight is 257 g/mol. The summed E-state index contributed by atoms with van der Waals surface area (Å²) in [6.07, 6.45) is -3.64. The van der Waals surface area contributed by atoms with E-state index in [-0.39, 0.29) is 18.2 Å². The zero-order chi connectivity index (χ0) is 12.9. The number of fused-ring (bicyclic) bond motifs is 3. The number of ether oxygens (including phenoxy) is 1. The zero-order valence-corrected chi connectivity index (χ0v) is 9.92. The van der Waals surface area contributed by atoms with E-state index < -0.39 is 11.7 Å². The highest BCUT2D eigenvalue weighted by atomic mass is 19.4. The Morgan fingerprint density at radius 2 is 2.11 bits per heavy atom. The van der Waals surface area contributed by atoms with Crippen LogP contribution in [0.15, 0.2) is 18.2 Å². The van der Waals surface area contributed by atoms with Crippen LogP contribution >= 0.6 is 0 Å². The summed E-state index contributed by atoms with van der Waals surface area (Å²) in [5, 5.41) is 3.34. The fourth-order valence-corrected chi connectivity index (χ4v) is 2.80. The molecule has 18 heavy (non-hydrogen) atoms. The molecule has 0 bridgehead atoms. The third kappa shape index (κ3) is 1.91. The molecular weight excluding hydrogens is 243 g/mol. The minimum atomic E-state index is -4.27. The first-order valence-electron chi connectivity index (χ1n) is 6.04. The highest BCUT2D eigenvalue weighted by Gasteiger charge is 2.39. The van der Waals surface area contributed by atoms with E-state index in [9.17, 15) is 13.2 Å². The van der Waals surface area contributed by atoms with Gasteiger partial charge in [-0.05, 0) is 30.2 Å². The molecule has 0 aromatic heterocycles. The molecule has 5 heteroatoms. The highest BCUT2D eigenvalue weighted by Crippen LogP contribution is 2.39. The van der Waals surface area contributed by atoms with Gasteiger partial charge < -0.3 is 10.1 Å². The van der Waals surface area contributed by atoms with Gasteiger partial charge in [-0.2, -0.15) is 13.2 Å². The summed E-state index contributed by atoms with van der Waals surface area (Å²) in [7, 11) is 0. The van der Waals surface area contributed by atoms with Gasteiger partial charge in [-0.25, -0.2) is 0 Å². The molecule has 1 N–H and O–H groups in total. The maximum absolute atomic E-state index is 12.6. The Balaban J connectivity index is 1.93. The Hall–Kier alpha value is -1.07. The van der Waals surface area contributed by atoms with E-state index >= 15 is 0 Å². The number of hydrogen-bond donors (Lipinski definition) is 1. The maximum atomic E-state index is 12.6. The van der Waals surface area contributed by atoms with Crippen molar-refractivity contribution < 1.29 is 17.9 Å². The van der Waals surface area contributed by atoms with Gasteiger partial charge in [0, 0.05) is 13.0 Å². The summed E-state index contributed by atoms with van der Waals surface area (Å²) < 4.78 is 43.7. The molecule has 1 fully saturated rings. The van der Waals surface area contributed by atoms with Gasteiger partial charge in [0.25, 0.3) is 0 Å². The van der Waals surface area contributed by atoms with Crippen LogP contribution in [0.3, 0.4) is 0 Å². The third-order valence-corrected chi connectivity index (χ3v) is 3.63. The standard InChI is InChI=1S/C13H14F3NO/c1-7-6-17-12-10-3-2-9(13(14,15)16)4-8(10)5-11(12)18-7/h2-4,7,11-12,17H,5-6H2,1H3/t7-,11?,12+/m1/s1. The van der Waals surface area contributed by atoms with Crippen LogP contribution in [0.2, 0.25) is 0 Å². The predicted molar refractivity (Wildman–Crippen MR) is 60.2 cm³/mol. The molecule has 1 aromatic carbocycles. The molecule has 1 aliphatic carbocycles. The predicted octanol–water partition coefficient (Wildman–Crippen LogP) is 2.68. The lowest BCUT2D eigenvalue weighted by Gasteiger charge is -2.32. The fourth-order valence-electron chi connectivity index (χ4n) is 2.80. The van der Waals surface area contributed by atoms with Crippen LogP contribution in [0.4, 0.5) is 13.2 Å². The van der Waals surface area contributed by atoms with E-state index in [0.717, 1.165) is 23.7 Å². The summed E-state index contributed by atoms with van der Waals surface area (Å²) in [5.74, 6) is 0. The molecular formula is C13H14F3NO. The van der Waals surface area contributed by atoms with E-state index in [1.807, 2.05) is 6.92 Å². The van der Waals surface area contributed by atoms with Gasteiger partial charge >= 0.3 is 6.18 Å². The van der Waals surface area contributed by atoms with Crippen molar-refractivity contribution in [3.63, 3.8) is 0 Å².